The van der Waals surface area contributed by atoms with Crippen LogP contribution in [0, 0.1) is 0 Å². The van der Waals surface area contributed by atoms with Crippen LogP contribution in [0.5, 0.6) is 5.88 Å². The molecule has 174 valence electrons. The third-order valence-electron chi connectivity index (χ3n) is 4.66. The number of aromatic nitrogens is 4. The molecule has 3 aromatic rings. The number of hydrogen-bond donors (Lipinski definition) is 2. The van der Waals surface area contributed by atoms with E-state index in [1.54, 1.807) is 24.7 Å². The summed E-state index contributed by atoms with van der Waals surface area (Å²) in [6, 6.07) is 9.22. The van der Waals surface area contributed by atoms with Crippen LogP contribution >= 0.6 is 11.9 Å². The van der Waals surface area contributed by atoms with Crippen LogP contribution in [-0.2, 0) is 10.2 Å². The molecule has 2 N–H and O–H groups in total. The lowest BCUT2D eigenvalue weighted by molar-refractivity contribution is -0.120. The highest BCUT2D eigenvalue weighted by molar-refractivity contribution is 8.01. The second kappa shape index (κ2) is 10.2. The molecule has 0 bridgehead atoms. The van der Waals surface area contributed by atoms with Gasteiger partial charge in [-0.05, 0) is 71.7 Å². The molecule has 1 amide bonds. The van der Waals surface area contributed by atoms with E-state index in [1.807, 2.05) is 45.0 Å². The molecule has 3 rings (SSSR count). The minimum Gasteiger partial charge on any atom is -0.477 e. The van der Waals surface area contributed by atoms with Crippen LogP contribution in [0.25, 0.3) is 11.3 Å². The number of rotatable bonds is 8. The first kappa shape index (κ1) is 24.4. The van der Waals surface area contributed by atoms with Gasteiger partial charge in [-0.25, -0.2) is 15.0 Å². The monoisotopic (exact) mass is 466 g/mol. The van der Waals surface area contributed by atoms with Gasteiger partial charge in [-0.1, -0.05) is 12.1 Å². The quantitative estimate of drug-likeness (QED) is 0.442. The number of benzene rings is 1. The molecule has 1 aromatic carbocycles. The molecular weight excluding hydrogens is 436 g/mol. The van der Waals surface area contributed by atoms with Gasteiger partial charge in [0, 0.05) is 22.2 Å². The Morgan fingerprint density at radius 3 is 2.42 bits per heavy atom. The van der Waals surface area contributed by atoms with E-state index in [0.717, 1.165) is 5.56 Å². The number of carbonyl (C=O) groups excluding carboxylic acids is 1. The van der Waals surface area contributed by atoms with Crippen molar-refractivity contribution >= 4 is 29.5 Å². The number of carbonyl (C=O) groups is 1. The second-order valence-electron chi connectivity index (χ2n) is 8.91. The highest BCUT2D eigenvalue weighted by Crippen LogP contribution is 2.27. The van der Waals surface area contributed by atoms with E-state index in [0.29, 0.717) is 35.5 Å². The van der Waals surface area contributed by atoms with Crippen LogP contribution in [0.15, 0.2) is 48.9 Å². The molecule has 0 saturated carbocycles. The Morgan fingerprint density at radius 1 is 1.03 bits per heavy atom. The third-order valence-corrected chi connectivity index (χ3v) is 5.55. The number of nitrogens with zero attached hydrogens (tertiary/aromatic N) is 4. The van der Waals surface area contributed by atoms with Crippen molar-refractivity contribution in [1.82, 2.24) is 19.9 Å². The molecular formula is C24H30N6O2S. The van der Waals surface area contributed by atoms with Crippen molar-refractivity contribution in [2.45, 2.75) is 51.7 Å². The maximum Gasteiger partial charge on any atom is 0.236 e. The highest BCUT2D eigenvalue weighted by Gasteiger charge is 2.32. The van der Waals surface area contributed by atoms with E-state index in [1.165, 1.54) is 11.9 Å². The summed E-state index contributed by atoms with van der Waals surface area (Å²) in [6.45, 7) is 12.4. The summed E-state index contributed by atoms with van der Waals surface area (Å²) >= 11 is 1.53. The fourth-order valence-corrected chi connectivity index (χ4v) is 3.28. The molecule has 2 aromatic heterocycles. The molecule has 0 atom stereocenters. The molecule has 0 aliphatic rings. The average Bonchev–Trinajstić information content (AvgIpc) is 2.78. The molecule has 0 radical (unpaired) electrons. The van der Waals surface area contributed by atoms with Gasteiger partial charge in [0.2, 0.25) is 17.7 Å². The summed E-state index contributed by atoms with van der Waals surface area (Å²) < 4.78 is 8.59. The lowest BCUT2D eigenvalue weighted by Crippen LogP contribution is -2.35. The van der Waals surface area contributed by atoms with Crippen LogP contribution in [-0.4, -0.2) is 37.2 Å². The smallest absolute Gasteiger partial charge is 0.236 e. The van der Waals surface area contributed by atoms with Gasteiger partial charge in [0.05, 0.1) is 35.8 Å². The van der Waals surface area contributed by atoms with Gasteiger partial charge in [-0.15, -0.1) is 0 Å². The van der Waals surface area contributed by atoms with Gasteiger partial charge in [0.1, 0.15) is 0 Å². The molecule has 0 saturated heterocycles. The zero-order valence-electron chi connectivity index (χ0n) is 19.8. The fourth-order valence-electron chi connectivity index (χ4n) is 2.79. The Morgan fingerprint density at radius 2 is 1.76 bits per heavy atom. The van der Waals surface area contributed by atoms with E-state index in [2.05, 4.69) is 50.7 Å². The van der Waals surface area contributed by atoms with E-state index in [9.17, 15) is 4.79 Å². The zero-order valence-corrected chi connectivity index (χ0v) is 20.7. The van der Waals surface area contributed by atoms with Crippen LogP contribution in [0.3, 0.4) is 0 Å². The van der Waals surface area contributed by atoms with Gasteiger partial charge in [0.25, 0.3) is 0 Å². The Labute approximate surface area is 199 Å². The number of nitrogens with one attached hydrogen (secondary N) is 2. The first-order valence-electron chi connectivity index (χ1n) is 10.7. The number of hydrogen-bond acceptors (Lipinski definition) is 8. The molecule has 0 unspecified atom stereocenters. The van der Waals surface area contributed by atoms with E-state index < -0.39 is 5.41 Å². The van der Waals surface area contributed by atoms with Gasteiger partial charge >= 0.3 is 0 Å². The van der Waals surface area contributed by atoms with Crippen LogP contribution in [0.4, 0.5) is 11.6 Å². The van der Waals surface area contributed by atoms with Gasteiger partial charge in [-0.3, -0.25) is 14.5 Å². The summed E-state index contributed by atoms with van der Waals surface area (Å²) in [5.41, 5.74) is 2.03. The predicted octanol–water partition coefficient (Wildman–Crippen LogP) is 5.11. The fraction of sp³-hybridized carbons (Fsp3) is 0.375. The van der Waals surface area contributed by atoms with Crippen molar-refractivity contribution in [1.29, 1.82) is 0 Å². The molecule has 2 heterocycles. The first-order chi connectivity index (χ1) is 15.6. The molecule has 33 heavy (non-hydrogen) atoms. The normalized spacial score (nSPS) is 11.7. The van der Waals surface area contributed by atoms with Gasteiger partial charge in [-0.2, -0.15) is 0 Å². The molecule has 0 fully saturated rings. The van der Waals surface area contributed by atoms with Gasteiger partial charge < -0.3 is 10.1 Å². The molecule has 0 spiro atoms. The largest absolute Gasteiger partial charge is 0.477 e. The summed E-state index contributed by atoms with van der Waals surface area (Å²) in [5.74, 6) is 0.795. The lowest BCUT2D eigenvalue weighted by Gasteiger charge is -2.24. The van der Waals surface area contributed by atoms with Crippen LogP contribution in [0.1, 0.15) is 47.2 Å². The summed E-state index contributed by atoms with van der Waals surface area (Å²) in [4.78, 5) is 30.5. The highest BCUT2D eigenvalue weighted by atomic mass is 32.2. The van der Waals surface area contributed by atoms with Crippen molar-refractivity contribution in [2.75, 3.05) is 16.6 Å². The predicted molar refractivity (Wildman–Crippen MR) is 133 cm³/mol. The Kier molecular flexibility index (Phi) is 7.53. The summed E-state index contributed by atoms with van der Waals surface area (Å²) in [7, 11) is 0. The lowest BCUT2D eigenvalue weighted by atomic mass is 9.88. The standard InChI is InChI=1S/C24H30N6O2S/c1-7-32-20-15-25-14-18(28-20)16-8-10-17(11-9-16)27-21(31)24(5,6)19-12-13-26-22(29-19)30-33-23(2,3)4/h8-15H,7H2,1-6H3,(H,27,31)(H,26,29,30). The van der Waals surface area contributed by atoms with E-state index >= 15 is 0 Å². The molecule has 9 heteroatoms. The topological polar surface area (TPSA) is 102 Å². The maximum absolute atomic E-state index is 13.1. The summed E-state index contributed by atoms with van der Waals surface area (Å²) in [5, 5.41) is 2.98. The van der Waals surface area contributed by atoms with Crippen molar-refractivity contribution < 1.29 is 9.53 Å². The first-order valence-corrected chi connectivity index (χ1v) is 11.5. The number of amides is 1. The maximum atomic E-state index is 13.1. The molecule has 0 aliphatic carbocycles. The zero-order chi connectivity index (χ0) is 24.1. The number of anilines is 2. The van der Waals surface area contributed by atoms with Crippen molar-refractivity contribution in [3.63, 3.8) is 0 Å². The SMILES string of the molecule is CCOc1cncc(-c2ccc(NC(=O)C(C)(C)c3ccnc(NSC(C)(C)C)n3)cc2)n1. The van der Waals surface area contributed by atoms with Crippen molar-refractivity contribution in [3.8, 4) is 17.1 Å². The Balaban J connectivity index is 1.71. The average molecular weight is 467 g/mol. The molecule has 8 nitrogen and oxygen atoms in total. The van der Waals surface area contributed by atoms with E-state index in [4.69, 9.17) is 4.74 Å². The number of ether oxygens (including phenoxy) is 1. The van der Waals surface area contributed by atoms with Crippen LogP contribution < -0.4 is 14.8 Å². The second-order valence-corrected chi connectivity index (χ2v) is 10.5. The minimum absolute atomic E-state index is 0.00828. The molecule has 0 aliphatic heterocycles. The summed E-state index contributed by atoms with van der Waals surface area (Å²) in [6.07, 6.45) is 4.92. The van der Waals surface area contributed by atoms with Crippen LogP contribution in [0.2, 0.25) is 0 Å². The van der Waals surface area contributed by atoms with E-state index in [-0.39, 0.29) is 10.7 Å². The third kappa shape index (κ3) is 6.64. The Hall–Kier alpha value is -3.20. The van der Waals surface area contributed by atoms with Crippen molar-refractivity contribution in [3.05, 3.63) is 54.6 Å². The minimum atomic E-state index is -0.859. The van der Waals surface area contributed by atoms with Gasteiger partial charge in [0.15, 0.2) is 0 Å². The van der Waals surface area contributed by atoms with Crippen molar-refractivity contribution in [2.24, 2.45) is 0 Å². The Bertz CT molecular complexity index is 1100.